The largest absolute Gasteiger partial charge is 0.395 e. The minimum absolute atomic E-state index is 0.0372. The molecular weight excluding hydrogens is 372 g/mol. The Morgan fingerprint density at radius 1 is 1.50 bits per heavy atom. The molecule has 0 spiro atoms. The summed E-state index contributed by atoms with van der Waals surface area (Å²) in [5, 5.41) is 13.4. The third kappa shape index (κ3) is 3.32. The molecule has 1 aliphatic heterocycles. The SMILES string of the molecule is CCN(CCO)C(=O)c1cn(CC2=NCCN2)c2cc(Br)ccc12. The second-order valence-electron chi connectivity index (χ2n) is 5.70. The van der Waals surface area contributed by atoms with Gasteiger partial charge in [0.2, 0.25) is 0 Å². The molecule has 0 saturated heterocycles. The number of nitrogens with zero attached hydrogens (tertiary/aromatic N) is 3. The van der Waals surface area contributed by atoms with Crippen molar-refractivity contribution < 1.29 is 9.90 Å². The molecule has 2 aromatic rings. The number of aliphatic imine (C=N–C) groups is 1. The summed E-state index contributed by atoms with van der Waals surface area (Å²) < 4.78 is 3.02. The van der Waals surface area contributed by atoms with Crippen molar-refractivity contribution in [1.29, 1.82) is 0 Å². The van der Waals surface area contributed by atoms with Crippen LogP contribution in [0.3, 0.4) is 0 Å². The number of hydrogen-bond acceptors (Lipinski definition) is 4. The second kappa shape index (κ2) is 7.36. The van der Waals surface area contributed by atoms with Gasteiger partial charge in [-0.1, -0.05) is 22.0 Å². The zero-order chi connectivity index (χ0) is 17.1. The summed E-state index contributed by atoms with van der Waals surface area (Å²) in [6.45, 7) is 5.06. The molecule has 6 nitrogen and oxygen atoms in total. The van der Waals surface area contributed by atoms with Crippen LogP contribution in [0.1, 0.15) is 17.3 Å². The number of carbonyl (C=O) groups excluding carboxylic acids is 1. The number of amides is 1. The molecule has 2 heterocycles. The highest BCUT2D eigenvalue weighted by Crippen LogP contribution is 2.26. The smallest absolute Gasteiger partial charge is 0.256 e. The van der Waals surface area contributed by atoms with Gasteiger partial charge in [-0.2, -0.15) is 0 Å². The van der Waals surface area contributed by atoms with Crippen LogP contribution < -0.4 is 5.32 Å². The number of hydrogen-bond donors (Lipinski definition) is 2. The molecule has 0 atom stereocenters. The van der Waals surface area contributed by atoms with E-state index in [0.717, 1.165) is 34.3 Å². The van der Waals surface area contributed by atoms with Gasteiger partial charge in [-0.05, 0) is 19.1 Å². The highest BCUT2D eigenvalue weighted by atomic mass is 79.9. The van der Waals surface area contributed by atoms with Gasteiger partial charge < -0.3 is 19.9 Å². The Hall–Kier alpha value is -1.86. The van der Waals surface area contributed by atoms with Crippen molar-refractivity contribution in [3.8, 4) is 0 Å². The van der Waals surface area contributed by atoms with Crippen LogP contribution >= 0.6 is 15.9 Å². The Morgan fingerprint density at radius 3 is 3.00 bits per heavy atom. The zero-order valence-electron chi connectivity index (χ0n) is 13.6. The Morgan fingerprint density at radius 2 is 2.33 bits per heavy atom. The highest BCUT2D eigenvalue weighted by molar-refractivity contribution is 9.10. The first kappa shape index (κ1) is 17.0. The molecule has 0 radical (unpaired) electrons. The van der Waals surface area contributed by atoms with E-state index in [1.807, 2.05) is 31.3 Å². The first-order valence-corrected chi connectivity index (χ1v) is 8.89. The van der Waals surface area contributed by atoms with Crippen LogP contribution in [0.4, 0.5) is 0 Å². The van der Waals surface area contributed by atoms with E-state index in [9.17, 15) is 9.90 Å². The first-order chi connectivity index (χ1) is 11.6. The molecular formula is C17H21BrN4O2. The van der Waals surface area contributed by atoms with Crippen LogP contribution in [0.2, 0.25) is 0 Å². The lowest BCUT2D eigenvalue weighted by Crippen LogP contribution is -2.33. The number of aliphatic hydroxyl groups is 1. The van der Waals surface area contributed by atoms with Crippen molar-refractivity contribution >= 4 is 38.6 Å². The lowest BCUT2D eigenvalue weighted by atomic mass is 10.1. The van der Waals surface area contributed by atoms with Gasteiger partial charge in [0.25, 0.3) is 5.91 Å². The molecule has 0 bridgehead atoms. The van der Waals surface area contributed by atoms with E-state index in [1.165, 1.54) is 0 Å². The summed E-state index contributed by atoms with van der Waals surface area (Å²) in [5.74, 6) is 0.882. The van der Waals surface area contributed by atoms with Gasteiger partial charge in [-0.25, -0.2) is 0 Å². The molecule has 1 aromatic carbocycles. The standard InChI is InChI=1S/C17H21BrN4O2/c1-2-21(7-8-23)17(24)14-10-22(11-16-19-5-6-20-16)15-9-12(18)3-4-13(14)15/h3-4,9-10,23H,2,5-8,11H2,1H3,(H,19,20). The molecule has 0 unspecified atom stereocenters. The van der Waals surface area contributed by atoms with E-state index >= 15 is 0 Å². The maximum atomic E-state index is 12.9. The van der Waals surface area contributed by atoms with Crippen molar-refractivity contribution in [3.63, 3.8) is 0 Å². The third-order valence-electron chi connectivity index (χ3n) is 4.18. The second-order valence-corrected chi connectivity index (χ2v) is 6.61. The van der Waals surface area contributed by atoms with Crippen LogP contribution in [0.5, 0.6) is 0 Å². The van der Waals surface area contributed by atoms with Crippen LogP contribution in [0, 0.1) is 0 Å². The average molecular weight is 393 g/mol. The fourth-order valence-electron chi connectivity index (χ4n) is 2.97. The molecule has 0 fully saturated rings. The molecule has 0 saturated carbocycles. The molecule has 3 rings (SSSR count). The van der Waals surface area contributed by atoms with Crippen LogP contribution in [-0.4, -0.2) is 59.1 Å². The number of carbonyl (C=O) groups is 1. The molecule has 7 heteroatoms. The molecule has 0 aliphatic carbocycles. The molecule has 128 valence electrons. The lowest BCUT2D eigenvalue weighted by Gasteiger charge is -2.19. The normalized spacial score (nSPS) is 13.9. The predicted molar refractivity (Wildman–Crippen MR) is 98.6 cm³/mol. The summed E-state index contributed by atoms with van der Waals surface area (Å²) in [4.78, 5) is 19.0. The molecule has 1 aliphatic rings. The van der Waals surface area contributed by atoms with Gasteiger partial charge >= 0.3 is 0 Å². The van der Waals surface area contributed by atoms with E-state index in [4.69, 9.17) is 0 Å². The number of aliphatic hydroxyl groups excluding tert-OH is 1. The van der Waals surface area contributed by atoms with Crippen LogP contribution in [0.15, 0.2) is 33.9 Å². The Bertz CT molecular complexity index is 784. The number of aromatic nitrogens is 1. The minimum atomic E-state index is -0.0565. The summed E-state index contributed by atoms with van der Waals surface area (Å²) in [6.07, 6.45) is 1.89. The maximum absolute atomic E-state index is 12.9. The third-order valence-corrected chi connectivity index (χ3v) is 4.67. The van der Waals surface area contributed by atoms with Gasteiger partial charge in [0.15, 0.2) is 0 Å². The van der Waals surface area contributed by atoms with E-state index in [2.05, 4.69) is 30.8 Å². The quantitative estimate of drug-likeness (QED) is 0.787. The lowest BCUT2D eigenvalue weighted by molar-refractivity contribution is 0.0733. The summed E-state index contributed by atoms with van der Waals surface area (Å²) in [5.41, 5.74) is 1.65. The van der Waals surface area contributed by atoms with Gasteiger partial charge in [-0.3, -0.25) is 9.79 Å². The number of nitrogens with one attached hydrogen (secondary N) is 1. The summed E-state index contributed by atoms with van der Waals surface area (Å²) >= 11 is 3.51. The van der Waals surface area contributed by atoms with Gasteiger partial charge in [0.1, 0.15) is 5.84 Å². The van der Waals surface area contributed by atoms with Crippen molar-refractivity contribution in [2.24, 2.45) is 4.99 Å². The fourth-order valence-corrected chi connectivity index (χ4v) is 3.32. The van der Waals surface area contributed by atoms with Crippen LogP contribution in [-0.2, 0) is 6.54 Å². The van der Waals surface area contributed by atoms with Gasteiger partial charge in [0.05, 0.1) is 30.8 Å². The minimum Gasteiger partial charge on any atom is -0.395 e. The number of rotatable bonds is 6. The van der Waals surface area contributed by atoms with E-state index in [1.54, 1.807) is 4.90 Å². The number of benzene rings is 1. The van der Waals surface area contributed by atoms with Gasteiger partial charge in [0, 0.05) is 35.7 Å². The fraction of sp³-hybridized carbons (Fsp3) is 0.412. The zero-order valence-corrected chi connectivity index (χ0v) is 15.2. The monoisotopic (exact) mass is 392 g/mol. The van der Waals surface area contributed by atoms with Gasteiger partial charge in [-0.15, -0.1) is 0 Å². The highest BCUT2D eigenvalue weighted by Gasteiger charge is 2.20. The van der Waals surface area contributed by atoms with Crippen molar-refractivity contribution in [2.45, 2.75) is 13.5 Å². The van der Waals surface area contributed by atoms with Crippen molar-refractivity contribution in [2.75, 3.05) is 32.8 Å². The number of amidine groups is 1. The molecule has 1 amide bonds. The number of likely N-dealkylation sites (N-methyl/N-ethyl adjacent to an activating group) is 1. The molecule has 2 N–H and O–H groups in total. The number of halogens is 1. The van der Waals surface area contributed by atoms with Crippen molar-refractivity contribution in [1.82, 2.24) is 14.8 Å². The summed E-state index contributed by atoms with van der Waals surface area (Å²) in [7, 11) is 0. The van der Waals surface area contributed by atoms with E-state index < -0.39 is 0 Å². The van der Waals surface area contributed by atoms with E-state index in [-0.39, 0.29) is 12.5 Å². The number of fused-ring (bicyclic) bond motifs is 1. The topological polar surface area (TPSA) is 69.9 Å². The average Bonchev–Trinajstić information content (AvgIpc) is 3.20. The van der Waals surface area contributed by atoms with Crippen molar-refractivity contribution in [3.05, 3.63) is 34.4 Å². The maximum Gasteiger partial charge on any atom is 0.256 e. The summed E-state index contributed by atoms with van der Waals surface area (Å²) in [6, 6.07) is 5.92. The Labute approximate surface area is 149 Å². The Kier molecular flexibility index (Phi) is 5.20. The van der Waals surface area contributed by atoms with E-state index in [0.29, 0.717) is 25.2 Å². The molecule has 24 heavy (non-hydrogen) atoms. The van der Waals surface area contributed by atoms with Crippen LogP contribution in [0.25, 0.3) is 10.9 Å². The first-order valence-electron chi connectivity index (χ1n) is 8.09. The predicted octanol–water partition coefficient (Wildman–Crippen LogP) is 1.86. The molecule has 1 aromatic heterocycles. The Balaban J connectivity index is 2.02.